The first kappa shape index (κ1) is 17.4. The van der Waals surface area contributed by atoms with Crippen LogP contribution in [-0.4, -0.2) is 14.6 Å². The summed E-state index contributed by atoms with van der Waals surface area (Å²) in [4.78, 5) is 4.24. The zero-order valence-electron chi connectivity index (χ0n) is 13.7. The first-order chi connectivity index (χ1) is 12.9. The Labute approximate surface area is 157 Å². The lowest BCUT2D eigenvalue weighted by Crippen LogP contribution is -2.08. The van der Waals surface area contributed by atoms with Crippen LogP contribution in [-0.2, 0) is 6.18 Å². The molecule has 0 saturated carbocycles. The third kappa shape index (κ3) is 3.00. The molecule has 0 saturated heterocycles. The van der Waals surface area contributed by atoms with Gasteiger partial charge in [-0.3, -0.25) is 0 Å². The lowest BCUT2D eigenvalue weighted by molar-refractivity contribution is -0.140. The standard InChI is InChI=1S/C19H12ClF3N4/c20-13-8-6-11(7-9-13)14-10-25-18-15(12-4-2-1-3-5-12)16(19(21,22)23)26-27(18)17(14)24/h1-10H,24H2. The molecule has 0 bridgehead atoms. The van der Waals surface area contributed by atoms with Crippen molar-refractivity contribution in [3.05, 3.63) is 71.5 Å². The largest absolute Gasteiger partial charge is 0.435 e. The molecule has 0 radical (unpaired) electrons. The Bertz CT molecular complexity index is 1120. The molecule has 0 aliphatic rings. The lowest BCUT2D eigenvalue weighted by Gasteiger charge is -2.08. The van der Waals surface area contributed by atoms with E-state index in [0.717, 1.165) is 4.52 Å². The molecule has 2 N–H and O–H groups in total. The van der Waals surface area contributed by atoms with E-state index in [-0.39, 0.29) is 17.0 Å². The highest BCUT2D eigenvalue weighted by atomic mass is 35.5. The molecular formula is C19H12ClF3N4. The summed E-state index contributed by atoms with van der Waals surface area (Å²) in [5.74, 6) is 0.0648. The van der Waals surface area contributed by atoms with Crippen molar-refractivity contribution in [2.24, 2.45) is 0 Å². The van der Waals surface area contributed by atoms with Crippen LogP contribution < -0.4 is 5.73 Å². The molecule has 27 heavy (non-hydrogen) atoms. The highest BCUT2D eigenvalue weighted by Crippen LogP contribution is 2.39. The molecule has 2 aromatic heterocycles. The van der Waals surface area contributed by atoms with Crippen LogP contribution >= 0.6 is 11.6 Å². The summed E-state index contributed by atoms with van der Waals surface area (Å²) < 4.78 is 41.9. The quantitative estimate of drug-likeness (QED) is 0.505. The number of hydrogen-bond donors (Lipinski definition) is 1. The summed E-state index contributed by atoms with van der Waals surface area (Å²) in [6.07, 6.45) is -3.20. The number of nitrogens with two attached hydrogens (primary N) is 1. The number of nitrogen functional groups attached to an aromatic ring is 1. The number of alkyl halides is 3. The Morgan fingerprint density at radius 3 is 2.22 bits per heavy atom. The first-order valence-corrected chi connectivity index (χ1v) is 8.30. The average Bonchev–Trinajstić information content (AvgIpc) is 3.05. The van der Waals surface area contributed by atoms with Gasteiger partial charge in [0.2, 0.25) is 0 Å². The number of halogens is 4. The van der Waals surface area contributed by atoms with Crippen molar-refractivity contribution in [2.75, 3.05) is 5.73 Å². The van der Waals surface area contributed by atoms with E-state index in [9.17, 15) is 13.2 Å². The second-order valence-electron chi connectivity index (χ2n) is 5.89. The van der Waals surface area contributed by atoms with Crippen molar-refractivity contribution < 1.29 is 13.2 Å². The number of fused-ring (bicyclic) bond motifs is 1. The van der Waals surface area contributed by atoms with Crippen LogP contribution in [0.25, 0.3) is 27.9 Å². The van der Waals surface area contributed by atoms with Gasteiger partial charge in [-0.2, -0.15) is 22.8 Å². The maximum atomic E-state index is 13.6. The Morgan fingerprint density at radius 2 is 1.59 bits per heavy atom. The number of anilines is 1. The van der Waals surface area contributed by atoms with E-state index in [1.165, 1.54) is 6.20 Å². The number of hydrogen-bond acceptors (Lipinski definition) is 3. The molecule has 0 aliphatic carbocycles. The van der Waals surface area contributed by atoms with Gasteiger partial charge < -0.3 is 5.73 Å². The summed E-state index contributed by atoms with van der Waals surface area (Å²) in [6, 6.07) is 15.0. The SMILES string of the molecule is Nc1c(-c2ccc(Cl)cc2)cnc2c(-c3ccccc3)c(C(F)(F)F)nn12. The molecular weight excluding hydrogens is 377 g/mol. The lowest BCUT2D eigenvalue weighted by atomic mass is 10.1. The molecule has 4 rings (SSSR count). The van der Waals surface area contributed by atoms with Gasteiger partial charge in [-0.15, -0.1) is 0 Å². The Kier molecular flexibility index (Phi) is 4.04. The molecule has 0 atom stereocenters. The van der Waals surface area contributed by atoms with Gasteiger partial charge in [-0.05, 0) is 23.3 Å². The molecule has 2 heterocycles. The molecule has 4 aromatic rings. The fraction of sp³-hybridized carbons (Fsp3) is 0.0526. The summed E-state index contributed by atoms with van der Waals surface area (Å²) in [5.41, 5.74) is 6.58. The molecule has 0 fully saturated rings. The van der Waals surface area contributed by atoms with E-state index in [1.54, 1.807) is 54.6 Å². The van der Waals surface area contributed by atoms with Crippen molar-refractivity contribution in [2.45, 2.75) is 6.18 Å². The first-order valence-electron chi connectivity index (χ1n) is 7.92. The molecule has 2 aromatic carbocycles. The van der Waals surface area contributed by atoms with Crippen LogP contribution in [0.5, 0.6) is 0 Å². The van der Waals surface area contributed by atoms with Crippen LogP contribution in [0.4, 0.5) is 19.0 Å². The van der Waals surface area contributed by atoms with Crippen LogP contribution in [0.15, 0.2) is 60.8 Å². The van der Waals surface area contributed by atoms with Crippen molar-refractivity contribution in [3.8, 4) is 22.3 Å². The van der Waals surface area contributed by atoms with Crippen molar-refractivity contribution in [1.82, 2.24) is 14.6 Å². The maximum Gasteiger partial charge on any atom is 0.435 e. The monoisotopic (exact) mass is 388 g/mol. The molecule has 136 valence electrons. The molecule has 0 aliphatic heterocycles. The van der Waals surface area contributed by atoms with E-state index in [1.807, 2.05) is 0 Å². The van der Waals surface area contributed by atoms with Crippen LogP contribution in [0.2, 0.25) is 5.02 Å². The minimum absolute atomic E-state index is 0.0451. The van der Waals surface area contributed by atoms with E-state index < -0.39 is 11.9 Å². The molecule has 0 spiro atoms. The zero-order chi connectivity index (χ0) is 19.2. The third-order valence-corrected chi connectivity index (χ3v) is 4.42. The normalized spacial score (nSPS) is 11.9. The van der Waals surface area contributed by atoms with E-state index in [4.69, 9.17) is 17.3 Å². The van der Waals surface area contributed by atoms with Gasteiger partial charge in [0.25, 0.3) is 0 Å². The average molecular weight is 389 g/mol. The summed E-state index contributed by atoms with van der Waals surface area (Å²) in [5, 5.41) is 4.28. The fourth-order valence-corrected chi connectivity index (χ4v) is 3.05. The zero-order valence-corrected chi connectivity index (χ0v) is 14.5. The minimum atomic E-state index is -4.65. The van der Waals surface area contributed by atoms with Crippen LogP contribution in [0.3, 0.4) is 0 Å². The number of rotatable bonds is 2. The van der Waals surface area contributed by atoms with E-state index >= 15 is 0 Å². The Morgan fingerprint density at radius 1 is 0.926 bits per heavy atom. The molecule has 0 unspecified atom stereocenters. The third-order valence-electron chi connectivity index (χ3n) is 4.17. The van der Waals surface area contributed by atoms with Gasteiger partial charge in [0.05, 0.1) is 5.56 Å². The van der Waals surface area contributed by atoms with Gasteiger partial charge in [0, 0.05) is 16.8 Å². The van der Waals surface area contributed by atoms with Gasteiger partial charge in [-0.1, -0.05) is 54.1 Å². The van der Waals surface area contributed by atoms with Crippen LogP contribution in [0.1, 0.15) is 5.69 Å². The fourth-order valence-electron chi connectivity index (χ4n) is 2.92. The summed E-state index contributed by atoms with van der Waals surface area (Å²) >= 11 is 5.89. The number of benzene rings is 2. The topological polar surface area (TPSA) is 56.2 Å². The molecule has 0 amide bonds. The minimum Gasteiger partial charge on any atom is -0.383 e. The maximum absolute atomic E-state index is 13.6. The van der Waals surface area contributed by atoms with E-state index in [2.05, 4.69) is 10.1 Å². The van der Waals surface area contributed by atoms with Crippen molar-refractivity contribution in [1.29, 1.82) is 0 Å². The second kappa shape index (κ2) is 6.28. The van der Waals surface area contributed by atoms with E-state index in [0.29, 0.717) is 21.7 Å². The van der Waals surface area contributed by atoms with Gasteiger partial charge >= 0.3 is 6.18 Å². The molecule has 4 nitrogen and oxygen atoms in total. The van der Waals surface area contributed by atoms with Crippen LogP contribution in [0, 0.1) is 0 Å². The van der Waals surface area contributed by atoms with Gasteiger partial charge in [0.1, 0.15) is 5.82 Å². The molecule has 8 heteroatoms. The number of nitrogens with zero attached hydrogens (tertiary/aromatic N) is 3. The van der Waals surface area contributed by atoms with Crippen molar-refractivity contribution >= 4 is 23.1 Å². The van der Waals surface area contributed by atoms with Crippen molar-refractivity contribution in [3.63, 3.8) is 0 Å². The highest BCUT2D eigenvalue weighted by Gasteiger charge is 2.39. The Hall–Kier alpha value is -3.06. The predicted octanol–water partition coefficient (Wildman–Crippen LogP) is 5.32. The van der Waals surface area contributed by atoms with Gasteiger partial charge in [0.15, 0.2) is 11.3 Å². The summed E-state index contributed by atoms with van der Waals surface area (Å²) in [7, 11) is 0. The predicted molar refractivity (Wildman–Crippen MR) is 98.3 cm³/mol. The Balaban J connectivity index is 2.01. The van der Waals surface area contributed by atoms with Gasteiger partial charge in [-0.25, -0.2) is 4.98 Å². The summed E-state index contributed by atoms with van der Waals surface area (Å²) in [6.45, 7) is 0. The smallest absolute Gasteiger partial charge is 0.383 e. The second-order valence-corrected chi connectivity index (χ2v) is 6.32. The highest BCUT2D eigenvalue weighted by molar-refractivity contribution is 6.30. The number of aromatic nitrogens is 3.